The molecule has 100 valence electrons. The molecule has 3 heteroatoms. The van der Waals surface area contributed by atoms with Crippen molar-refractivity contribution in [1.82, 2.24) is 4.90 Å². The van der Waals surface area contributed by atoms with E-state index in [0.29, 0.717) is 18.4 Å². The molecule has 1 unspecified atom stereocenters. The minimum atomic E-state index is 0.138. The molecule has 1 N–H and O–H groups in total. The molecule has 0 spiro atoms. The number of aliphatic hydroxyl groups is 1. The molecule has 0 saturated carbocycles. The first-order valence-electron chi connectivity index (χ1n) is 6.42. The number of hydrogen-bond donors (Lipinski definition) is 1. The lowest BCUT2D eigenvalue weighted by molar-refractivity contribution is 0.202. The van der Waals surface area contributed by atoms with E-state index in [1.165, 1.54) is 4.88 Å². The Labute approximate surface area is 115 Å². The predicted molar refractivity (Wildman–Crippen MR) is 78.7 cm³/mol. The Morgan fingerprint density at radius 2 is 2.11 bits per heavy atom. The Morgan fingerprint density at radius 3 is 2.72 bits per heavy atom. The second-order valence-corrected chi connectivity index (χ2v) is 5.97. The minimum Gasteiger partial charge on any atom is -0.395 e. The second kappa shape index (κ2) is 7.58. The van der Waals surface area contributed by atoms with E-state index in [1.54, 1.807) is 11.3 Å². The zero-order valence-corrected chi connectivity index (χ0v) is 12.5. The van der Waals surface area contributed by atoms with Gasteiger partial charge in [0.05, 0.1) is 6.61 Å². The van der Waals surface area contributed by atoms with Gasteiger partial charge in [-0.15, -0.1) is 11.3 Å². The molecule has 0 radical (unpaired) electrons. The van der Waals surface area contributed by atoms with Crippen LogP contribution in [0.25, 0.3) is 0 Å². The van der Waals surface area contributed by atoms with Crippen LogP contribution in [0.2, 0.25) is 0 Å². The fourth-order valence-corrected chi connectivity index (χ4v) is 2.53. The van der Waals surface area contributed by atoms with Crippen LogP contribution < -0.4 is 0 Å². The van der Waals surface area contributed by atoms with Gasteiger partial charge in [0, 0.05) is 34.8 Å². The third kappa shape index (κ3) is 4.81. The Bertz CT molecular complexity index is 414. The molecule has 18 heavy (non-hydrogen) atoms. The molecule has 0 aliphatic heterocycles. The Balaban J connectivity index is 2.57. The van der Waals surface area contributed by atoms with Crippen LogP contribution in [0.4, 0.5) is 0 Å². The van der Waals surface area contributed by atoms with Crippen molar-refractivity contribution in [2.45, 2.75) is 39.8 Å². The molecule has 0 bridgehead atoms. The van der Waals surface area contributed by atoms with E-state index >= 15 is 0 Å². The zero-order valence-electron chi connectivity index (χ0n) is 11.7. The van der Waals surface area contributed by atoms with Crippen LogP contribution >= 0.6 is 11.3 Å². The fraction of sp³-hybridized carbons (Fsp3) is 0.600. The van der Waals surface area contributed by atoms with E-state index < -0.39 is 0 Å². The van der Waals surface area contributed by atoms with Crippen LogP contribution in [0.1, 0.15) is 37.6 Å². The summed E-state index contributed by atoms with van der Waals surface area (Å²) in [7, 11) is 2.17. The lowest BCUT2D eigenvalue weighted by Crippen LogP contribution is -2.32. The predicted octanol–water partition coefficient (Wildman–Crippen LogP) is 2.96. The maximum atomic E-state index is 8.67. The molecule has 2 nitrogen and oxygen atoms in total. The van der Waals surface area contributed by atoms with Gasteiger partial charge in [-0.2, -0.15) is 0 Å². The number of aliphatic hydroxyl groups excluding tert-OH is 1. The van der Waals surface area contributed by atoms with Gasteiger partial charge < -0.3 is 5.11 Å². The highest BCUT2D eigenvalue weighted by Crippen LogP contribution is 2.18. The summed E-state index contributed by atoms with van der Waals surface area (Å²) in [5.74, 6) is 6.69. The Hall–Kier alpha value is -0.820. The molecular formula is C15H23NOS. The van der Waals surface area contributed by atoms with E-state index in [9.17, 15) is 0 Å². The summed E-state index contributed by atoms with van der Waals surface area (Å²) < 4.78 is 0. The van der Waals surface area contributed by atoms with Gasteiger partial charge in [0.1, 0.15) is 0 Å². The first-order chi connectivity index (χ1) is 8.54. The quantitative estimate of drug-likeness (QED) is 0.827. The second-order valence-electron chi connectivity index (χ2n) is 4.98. The average Bonchev–Trinajstić information content (AvgIpc) is 2.76. The summed E-state index contributed by atoms with van der Waals surface area (Å²) in [6.07, 6.45) is 0.551. The monoisotopic (exact) mass is 265 g/mol. The topological polar surface area (TPSA) is 23.5 Å². The lowest BCUT2D eigenvalue weighted by Gasteiger charge is -2.27. The fourth-order valence-electron chi connectivity index (χ4n) is 1.65. The van der Waals surface area contributed by atoms with Crippen molar-refractivity contribution < 1.29 is 5.11 Å². The molecule has 0 amide bonds. The maximum Gasteiger partial charge on any atom is 0.0540 e. The summed E-state index contributed by atoms with van der Waals surface area (Å²) in [5, 5.41) is 10.8. The van der Waals surface area contributed by atoms with Crippen molar-refractivity contribution in [3.05, 3.63) is 21.9 Å². The Kier molecular flexibility index (Phi) is 6.42. The summed E-state index contributed by atoms with van der Waals surface area (Å²) >= 11 is 1.76. The average molecular weight is 265 g/mol. The summed E-state index contributed by atoms with van der Waals surface area (Å²) in [6, 6.07) is 2.73. The molecule has 1 atom stereocenters. The molecule has 0 saturated heterocycles. The van der Waals surface area contributed by atoms with Crippen LogP contribution in [0.15, 0.2) is 11.4 Å². The summed E-state index contributed by atoms with van der Waals surface area (Å²) in [5.41, 5.74) is 1.06. The van der Waals surface area contributed by atoms with Gasteiger partial charge in [0.25, 0.3) is 0 Å². The minimum absolute atomic E-state index is 0.138. The highest BCUT2D eigenvalue weighted by atomic mass is 32.1. The molecule has 1 rings (SSSR count). The summed E-state index contributed by atoms with van der Waals surface area (Å²) in [4.78, 5) is 3.72. The van der Waals surface area contributed by atoms with Gasteiger partial charge in [0.2, 0.25) is 0 Å². The third-order valence-electron chi connectivity index (χ3n) is 3.19. The van der Waals surface area contributed by atoms with Crippen molar-refractivity contribution >= 4 is 11.3 Å². The molecule has 0 aliphatic rings. The van der Waals surface area contributed by atoms with Gasteiger partial charge in [-0.3, -0.25) is 4.90 Å². The van der Waals surface area contributed by atoms with Crippen molar-refractivity contribution in [3.8, 4) is 11.8 Å². The van der Waals surface area contributed by atoms with E-state index in [1.807, 2.05) is 0 Å². The molecule has 0 fully saturated rings. The lowest BCUT2D eigenvalue weighted by atomic mass is 10.1. The number of rotatable bonds is 5. The first kappa shape index (κ1) is 15.2. The van der Waals surface area contributed by atoms with Crippen LogP contribution in [0.3, 0.4) is 0 Å². The van der Waals surface area contributed by atoms with E-state index in [-0.39, 0.29) is 6.61 Å². The zero-order chi connectivity index (χ0) is 13.5. The van der Waals surface area contributed by atoms with E-state index in [2.05, 4.69) is 56.0 Å². The highest BCUT2D eigenvalue weighted by Gasteiger charge is 2.13. The van der Waals surface area contributed by atoms with Crippen molar-refractivity contribution in [2.24, 2.45) is 5.92 Å². The maximum absolute atomic E-state index is 8.67. The van der Waals surface area contributed by atoms with Crippen molar-refractivity contribution in [1.29, 1.82) is 0 Å². The largest absolute Gasteiger partial charge is 0.395 e. The van der Waals surface area contributed by atoms with E-state index in [4.69, 9.17) is 5.11 Å². The SMILES string of the molecule is CC(C)C(C)N(C)Cc1cc(C#CCCO)cs1. The molecule has 1 heterocycles. The normalized spacial score (nSPS) is 12.6. The third-order valence-corrected chi connectivity index (χ3v) is 4.11. The van der Waals surface area contributed by atoms with Crippen LogP contribution in [-0.4, -0.2) is 29.7 Å². The smallest absolute Gasteiger partial charge is 0.0540 e. The van der Waals surface area contributed by atoms with Crippen molar-refractivity contribution in [2.75, 3.05) is 13.7 Å². The van der Waals surface area contributed by atoms with Crippen LogP contribution in [0.5, 0.6) is 0 Å². The van der Waals surface area contributed by atoms with Crippen LogP contribution in [-0.2, 0) is 6.54 Å². The number of hydrogen-bond acceptors (Lipinski definition) is 3. The van der Waals surface area contributed by atoms with Crippen LogP contribution in [0, 0.1) is 17.8 Å². The van der Waals surface area contributed by atoms with Crippen molar-refractivity contribution in [3.63, 3.8) is 0 Å². The molecule has 1 aromatic heterocycles. The van der Waals surface area contributed by atoms with Gasteiger partial charge >= 0.3 is 0 Å². The summed E-state index contributed by atoms with van der Waals surface area (Å²) in [6.45, 7) is 7.88. The van der Waals surface area contributed by atoms with Gasteiger partial charge in [-0.25, -0.2) is 0 Å². The molecule has 1 aromatic rings. The Morgan fingerprint density at radius 1 is 1.39 bits per heavy atom. The van der Waals surface area contributed by atoms with Gasteiger partial charge in [0.15, 0.2) is 0 Å². The van der Waals surface area contributed by atoms with E-state index in [0.717, 1.165) is 12.1 Å². The number of nitrogens with zero attached hydrogens (tertiary/aromatic N) is 1. The molecular weight excluding hydrogens is 242 g/mol. The van der Waals surface area contributed by atoms with Gasteiger partial charge in [-0.05, 0) is 26.0 Å². The molecule has 0 aromatic carbocycles. The highest BCUT2D eigenvalue weighted by molar-refractivity contribution is 7.10. The number of thiophene rings is 1. The molecule has 0 aliphatic carbocycles. The van der Waals surface area contributed by atoms with Gasteiger partial charge in [-0.1, -0.05) is 25.7 Å². The standard InChI is InChI=1S/C15H23NOS/c1-12(2)13(3)16(4)10-15-9-14(11-18-15)7-5-6-8-17/h9,11-13,17H,6,8,10H2,1-4H3. The first-order valence-corrected chi connectivity index (χ1v) is 7.30.